The van der Waals surface area contributed by atoms with Crippen LogP contribution in [0.4, 0.5) is 22.7 Å². The van der Waals surface area contributed by atoms with Crippen LogP contribution in [0, 0.1) is 18.8 Å². The number of nitrogens with zero attached hydrogens (tertiary/aromatic N) is 4. The molecule has 1 aliphatic heterocycles. The van der Waals surface area contributed by atoms with Crippen molar-refractivity contribution in [3.63, 3.8) is 0 Å². The van der Waals surface area contributed by atoms with Gasteiger partial charge >= 0.3 is 0 Å². The fraction of sp³-hybridized carbons (Fsp3) is 0.0690. The molecule has 0 saturated heterocycles. The van der Waals surface area contributed by atoms with E-state index in [4.69, 9.17) is 13.8 Å². The second-order valence-corrected chi connectivity index (χ2v) is 16.4. The molecule has 314 valence electrons. The molecule has 0 aliphatic carbocycles. The normalized spacial score (nSPS) is 13.9. The minimum absolute atomic E-state index is 0. The number of pyridine rings is 1. The Morgan fingerprint density at radius 2 is 1.23 bits per heavy atom. The minimum atomic E-state index is -0.449. The van der Waals surface area contributed by atoms with E-state index in [1.165, 1.54) is 12.1 Å². The van der Waals surface area contributed by atoms with Gasteiger partial charge in [-0.25, -0.2) is 4.98 Å². The molecule has 10 aromatic rings. The molecule has 0 radical (unpaired) electrons. The number of rotatable bonds is 8. The van der Waals surface area contributed by atoms with Crippen molar-refractivity contribution in [1.29, 1.82) is 0 Å². The van der Waals surface area contributed by atoms with Gasteiger partial charge in [-0.2, -0.15) is 12.1 Å². The first-order valence-corrected chi connectivity index (χ1v) is 20.8. The molecule has 5 nitrogen and oxygen atoms in total. The summed E-state index contributed by atoms with van der Waals surface area (Å²) in [4.78, 5) is 8.49. The fourth-order valence-corrected chi connectivity index (χ4v) is 8.24. The van der Waals surface area contributed by atoms with Gasteiger partial charge in [0.2, 0.25) is 0 Å². The maximum Gasteiger partial charge on any atom is 0.135 e. The van der Waals surface area contributed by atoms with Gasteiger partial charge in [-0.15, -0.1) is 48.1 Å². The van der Waals surface area contributed by atoms with Crippen molar-refractivity contribution in [2.75, 3.05) is 9.80 Å². The van der Waals surface area contributed by atoms with Gasteiger partial charge in [-0.1, -0.05) is 160 Å². The molecular weight excluding hydrogens is 964 g/mol. The van der Waals surface area contributed by atoms with E-state index in [1.54, 1.807) is 29.8 Å². The van der Waals surface area contributed by atoms with E-state index in [1.807, 2.05) is 114 Å². The largest absolute Gasteiger partial charge is 0.509 e. The molecule has 0 amide bonds. The first kappa shape index (κ1) is 33.4. The Labute approximate surface area is 399 Å². The van der Waals surface area contributed by atoms with Crippen molar-refractivity contribution < 1.29 is 35.4 Å². The van der Waals surface area contributed by atoms with Gasteiger partial charge in [0.1, 0.15) is 5.82 Å². The number of aromatic nitrogens is 2. The third-order valence-corrected chi connectivity index (χ3v) is 11.4. The van der Waals surface area contributed by atoms with Crippen LogP contribution >= 0.6 is 0 Å². The van der Waals surface area contributed by atoms with Crippen LogP contribution in [0.15, 0.2) is 200 Å². The van der Waals surface area contributed by atoms with Crippen molar-refractivity contribution in [3.8, 4) is 50.7 Å². The maximum absolute atomic E-state index is 9.51. The van der Waals surface area contributed by atoms with E-state index in [9.17, 15) is 5.48 Å². The van der Waals surface area contributed by atoms with Gasteiger partial charge in [0.05, 0.1) is 9.60 Å². The Morgan fingerprint density at radius 3 is 2.00 bits per heavy atom. The molecule has 2 aromatic heterocycles. The molecule has 0 spiro atoms. The zero-order chi connectivity index (χ0) is 48.6. The van der Waals surface area contributed by atoms with Crippen LogP contribution in [-0.2, 0) is 26.5 Å². The van der Waals surface area contributed by atoms with E-state index in [2.05, 4.69) is 55.7 Å². The maximum atomic E-state index is 9.51. The Balaban J connectivity index is 0.00000582. The van der Waals surface area contributed by atoms with Crippen molar-refractivity contribution in [1.82, 2.24) is 9.55 Å². The van der Waals surface area contributed by atoms with Gasteiger partial charge in [-0.3, -0.25) is 0 Å². The summed E-state index contributed by atoms with van der Waals surface area (Å²) in [5, 5.41) is 2.07. The van der Waals surface area contributed by atoms with Gasteiger partial charge in [0.15, 0.2) is 0 Å². The summed E-state index contributed by atoms with van der Waals surface area (Å²) < 4.78 is 73.8. The Hall–Kier alpha value is -7.20. The second kappa shape index (κ2) is 16.8. The number of benzene rings is 8. The number of hydrogen-bond acceptors (Lipinski definition) is 4. The van der Waals surface area contributed by atoms with E-state index < -0.39 is 6.04 Å². The van der Waals surface area contributed by atoms with Gasteiger partial charge in [0.25, 0.3) is 0 Å². The smallest absolute Gasteiger partial charge is 0.135 e. The van der Waals surface area contributed by atoms with E-state index >= 15 is 0 Å². The monoisotopic (exact) mass is 1010 g/mol. The molecule has 0 saturated carbocycles. The Kier molecular flexibility index (Phi) is 8.77. The van der Waals surface area contributed by atoms with Crippen LogP contribution in [0.2, 0.25) is 0 Å². The number of anilines is 4. The van der Waals surface area contributed by atoms with Crippen LogP contribution in [0.3, 0.4) is 0 Å². The predicted octanol–water partition coefficient (Wildman–Crippen LogP) is 15.3. The molecule has 64 heavy (non-hydrogen) atoms. The second-order valence-electron chi connectivity index (χ2n) is 16.4. The summed E-state index contributed by atoms with van der Waals surface area (Å²) in [6.45, 7) is 8.33. The average molecular weight is 1010 g/mol. The molecule has 0 fully saturated rings. The Bertz CT molecular complexity index is 3680. The summed E-state index contributed by atoms with van der Waals surface area (Å²) in [6, 6.07) is 52.5. The summed E-state index contributed by atoms with van der Waals surface area (Å²) >= 11 is 0. The van der Waals surface area contributed by atoms with Crippen molar-refractivity contribution in [2.24, 2.45) is 0 Å². The SMILES string of the molecule is [2H]c1cccc([2H])c1-c1c([2H])c([2H])c([2H])c(-c2c([2H])cc(-c3ccccc3)cc2[2H])c1N1[CH-]N(c2[c-]c(Oc3[c-]c4c(cc3)c3ccccc3n4-c3cc(C(C)(C)C)ccn3)ccc2)c2ccccc21.[Pt]. The quantitative estimate of drug-likeness (QED) is 0.142. The fourth-order valence-electron chi connectivity index (χ4n) is 8.24. The standard InChI is InChI=1S/C58H43N4O.Pt/c1-58(2,3)44-34-35-59-56(36-44)62-52-25-11-10-22-50(52)51-33-32-47(38-55(51)62)63-46-21-14-20-45(37-46)60-39-61(54-27-13-12-26-53(54)60)57-48(42-18-8-5-9-19-42)23-15-24-49(57)43-30-28-41(29-31-43)40-16-6-4-7-17-40;/h4-36,39H,1-3H3;/q-3;/i15D,18D,19D,23D,24D,30D,31D;. The molecule has 0 unspecified atom stereocenters. The average Bonchev–Trinajstić information content (AvgIpc) is 3.90. The van der Waals surface area contributed by atoms with Crippen molar-refractivity contribution in [2.45, 2.75) is 26.2 Å². The molecule has 6 heteroatoms. The summed E-state index contributed by atoms with van der Waals surface area (Å²) in [5.74, 6) is 1.66. The number of fused-ring (bicyclic) bond motifs is 4. The van der Waals surface area contributed by atoms with E-state index in [-0.39, 0.29) is 90.7 Å². The topological polar surface area (TPSA) is 33.5 Å². The molecule has 11 rings (SSSR count). The molecule has 0 atom stereocenters. The molecule has 3 heterocycles. The molecule has 0 N–H and O–H groups in total. The van der Waals surface area contributed by atoms with Gasteiger partial charge in [-0.05, 0) is 69.0 Å². The third-order valence-electron chi connectivity index (χ3n) is 11.4. The molecular formula is C58H43N4OPt-3. The van der Waals surface area contributed by atoms with Crippen LogP contribution in [-0.4, -0.2) is 9.55 Å². The summed E-state index contributed by atoms with van der Waals surface area (Å²) in [5.41, 5.74) is 6.72. The van der Waals surface area contributed by atoms with Gasteiger partial charge in [0, 0.05) is 72.5 Å². The molecule has 8 aromatic carbocycles. The molecule has 0 bridgehead atoms. The van der Waals surface area contributed by atoms with Crippen LogP contribution < -0.4 is 14.5 Å². The number of hydrogen-bond donors (Lipinski definition) is 0. The van der Waals surface area contributed by atoms with E-state index in [0.717, 1.165) is 38.8 Å². The van der Waals surface area contributed by atoms with E-state index in [0.29, 0.717) is 34.1 Å². The summed E-state index contributed by atoms with van der Waals surface area (Å²) in [6.07, 6.45) is 1.85. The molecule has 1 aliphatic rings. The minimum Gasteiger partial charge on any atom is -0.509 e. The van der Waals surface area contributed by atoms with Gasteiger partial charge < -0.3 is 19.1 Å². The first-order chi connectivity index (χ1) is 33.8. The first-order valence-electron chi connectivity index (χ1n) is 24.3. The zero-order valence-corrected chi connectivity index (χ0v) is 37.4. The summed E-state index contributed by atoms with van der Waals surface area (Å²) in [7, 11) is 0. The van der Waals surface area contributed by atoms with Crippen LogP contribution in [0.5, 0.6) is 11.5 Å². The number of para-hydroxylation sites is 4. The van der Waals surface area contributed by atoms with Crippen molar-refractivity contribution >= 4 is 44.6 Å². The predicted molar refractivity (Wildman–Crippen MR) is 259 cm³/mol. The Morgan fingerprint density at radius 1 is 0.578 bits per heavy atom. The zero-order valence-electron chi connectivity index (χ0n) is 42.1. The third kappa shape index (κ3) is 7.46. The van der Waals surface area contributed by atoms with Crippen LogP contribution in [0.1, 0.15) is 35.9 Å². The van der Waals surface area contributed by atoms with Crippen LogP contribution in [0.25, 0.3) is 61.0 Å². The van der Waals surface area contributed by atoms with Crippen molar-refractivity contribution in [3.05, 3.63) is 225 Å². The number of ether oxygens (including phenoxy) is 1.